The smallest absolute Gasteiger partial charge is 0.143 e. The number of hydrogen-bond acceptors (Lipinski definition) is 2. The van der Waals surface area contributed by atoms with Crippen molar-refractivity contribution < 1.29 is 9.53 Å². The molecule has 2 nitrogen and oxygen atoms in total. The summed E-state index contributed by atoms with van der Waals surface area (Å²) < 4.78 is 5.36. The van der Waals surface area contributed by atoms with Gasteiger partial charge in [-0.15, -0.1) is 0 Å². The summed E-state index contributed by atoms with van der Waals surface area (Å²) in [5, 5.41) is 0. The monoisotopic (exact) mass is 234 g/mol. The molecule has 0 aromatic carbocycles. The van der Waals surface area contributed by atoms with Crippen molar-refractivity contribution in [2.24, 2.45) is 28.6 Å². The van der Waals surface area contributed by atoms with E-state index < -0.39 is 0 Å². The molecule has 0 N–H and O–H groups in total. The van der Waals surface area contributed by atoms with Crippen LogP contribution < -0.4 is 0 Å². The Labute approximate surface area is 103 Å². The lowest BCUT2D eigenvalue weighted by Crippen LogP contribution is -2.43. The molecule has 0 aromatic heterocycles. The van der Waals surface area contributed by atoms with Crippen molar-refractivity contribution in [3.8, 4) is 0 Å². The number of ether oxygens (including phenoxy) is 1. The maximum absolute atomic E-state index is 12.7. The Bertz CT molecular complexity index is 407. The lowest BCUT2D eigenvalue weighted by atomic mass is 9.61. The summed E-state index contributed by atoms with van der Waals surface area (Å²) in [6.45, 7) is 6.67. The second-order valence-electron chi connectivity index (χ2n) is 6.91. The van der Waals surface area contributed by atoms with Gasteiger partial charge in [0.2, 0.25) is 0 Å². The van der Waals surface area contributed by atoms with Gasteiger partial charge < -0.3 is 4.74 Å². The fourth-order valence-corrected chi connectivity index (χ4v) is 4.28. The first-order chi connectivity index (χ1) is 7.91. The van der Waals surface area contributed by atoms with Crippen LogP contribution >= 0.6 is 0 Å². The van der Waals surface area contributed by atoms with Gasteiger partial charge in [-0.05, 0) is 36.2 Å². The van der Waals surface area contributed by atoms with E-state index in [-0.39, 0.29) is 10.8 Å². The highest BCUT2D eigenvalue weighted by molar-refractivity contribution is 5.92. The summed E-state index contributed by atoms with van der Waals surface area (Å²) in [4.78, 5) is 12.7. The van der Waals surface area contributed by atoms with Crippen molar-refractivity contribution in [3.05, 3.63) is 11.8 Å². The molecule has 0 aromatic rings. The average molecular weight is 234 g/mol. The first-order valence-electron chi connectivity index (χ1n) is 6.68. The number of Topliss-reactive ketones (excluding diaryl/α,β-unsaturated/α-hetero) is 1. The third kappa shape index (κ3) is 1.30. The minimum absolute atomic E-state index is 0.158. The van der Waals surface area contributed by atoms with Crippen LogP contribution in [-0.4, -0.2) is 12.9 Å². The molecule has 4 atom stereocenters. The Morgan fingerprint density at radius 2 is 2.06 bits per heavy atom. The molecule has 2 saturated carbocycles. The van der Waals surface area contributed by atoms with Gasteiger partial charge in [-0.3, -0.25) is 4.79 Å². The van der Waals surface area contributed by atoms with E-state index in [9.17, 15) is 4.79 Å². The number of carbonyl (C=O) groups excluding carboxylic acids is 1. The SMILES string of the molecule is COC1=CCC2C[C@@H]3[C@H](C(=O)[C@]2(C)C1)C3(C)C. The highest BCUT2D eigenvalue weighted by atomic mass is 16.5. The van der Waals surface area contributed by atoms with Crippen LogP contribution in [0.25, 0.3) is 0 Å². The average Bonchev–Trinajstić information content (AvgIpc) is 2.82. The van der Waals surface area contributed by atoms with Crippen LogP contribution in [-0.2, 0) is 9.53 Å². The first kappa shape index (κ1) is 11.3. The number of carbonyl (C=O) groups is 1. The predicted octanol–water partition coefficient (Wildman–Crippen LogP) is 3.18. The molecule has 0 saturated heterocycles. The van der Waals surface area contributed by atoms with Crippen LogP contribution in [0, 0.1) is 28.6 Å². The molecular weight excluding hydrogens is 212 g/mol. The van der Waals surface area contributed by atoms with Gasteiger partial charge in [-0.25, -0.2) is 0 Å². The Kier molecular flexibility index (Phi) is 2.10. The Morgan fingerprint density at radius 3 is 2.71 bits per heavy atom. The number of fused-ring (bicyclic) bond motifs is 2. The Balaban J connectivity index is 1.93. The zero-order valence-corrected chi connectivity index (χ0v) is 11.2. The maximum atomic E-state index is 12.7. The Morgan fingerprint density at radius 1 is 1.35 bits per heavy atom. The van der Waals surface area contributed by atoms with Crippen molar-refractivity contribution in [1.29, 1.82) is 0 Å². The van der Waals surface area contributed by atoms with E-state index in [4.69, 9.17) is 4.74 Å². The lowest BCUT2D eigenvalue weighted by molar-refractivity contribution is -0.136. The van der Waals surface area contributed by atoms with Gasteiger partial charge in [0.25, 0.3) is 0 Å². The zero-order valence-electron chi connectivity index (χ0n) is 11.2. The first-order valence-corrected chi connectivity index (χ1v) is 6.68. The molecule has 2 fully saturated rings. The fraction of sp³-hybridized carbons (Fsp3) is 0.800. The van der Waals surface area contributed by atoms with Crippen LogP contribution in [0.5, 0.6) is 0 Å². The van der Waals surface area contributed by atoms with E-state index in [0.29, 0.717) is 23.5 Å². The van der Waals surface area contributed by atoms with Crippen molar-refractivity contribution in [2.75, 3.05) is 7.11 Å². The van der Waals surface area contributed by atoms with Gasteiger partial charge in [0.15, 0.2) is 0 Å². The molecule has 17 heavy (non-hydrogen) atoms. The van der Waals surface area contributed by atoms with E-state index in [1.54, 1.807) is 7.11 Å². The van der Waals surface area contributed by atoms with Crippen LogP contribution in [0.1, 0.15) is 40.0 Å². The molecule has 0 aliphatic heterocycles. The van der Waals surface area contributed by atoms with E-state index in [1.807, 2.05) is 0 Å². The second kappa shape index (κ2) is 3.15. The number of rotatable bonds is 1. The summed E-state index contributed by atoms with van der Waals surface area (Å²) in [5.41, 5.74) is 0.0969. The third-order valence-electron chi connectivity index (χ3n) is 5.77. The summed E-state index contributed by atoms with van der Waals surface area (Å²) in [6.07, 6.45) is 5.25. The second-order valence-corrected chi connectivity index (χ2v) is 6.91. The van der Waals surface area contributed by atoms with Crippen LogP contribution in [0.2, 0.25) is 0 Å². The molecule has 3 rings (SSSR count). The van der Waals surface area contributed by atoms with Crippen molar-refractivity contribution in [2.45, 2.75) is 40.0 Å². The van der Waals surface area contributed by atoms with Crippen LogP contribution in [0.4, 0.5) is 0 Å². The zero-order chi connectivity index (χ0) is 12.4. The molecular formula is C15H22O2. The number of allylic oxidation sites excluding steroid dienone is 2. The minimum atomic E-state index is -0.158. The Hall–Kier alpha value is -0.790. The van der Waals surface area contributed by atoms with Crippen LogP contribution in [0.3, 0.4) is 0 Å². The normalized spacial score (nSPS) is 46.7. The van der Waals surface area contributed by atoms with E-state index in [0.717, 1.165) is 18.6 Å². The summed E-state index contributed by atoms with van der Waals surface area (Å²) >= 11 is 0. The van der Waals surface area contributed by atoms with E-state index in [2.05, 4.69) is 26.8 Å². The number of hydrogen-bond donors (Lipinski definition) is 0. The predicted molar refractivity (Wildman–Crippen MR) is 66.3 cm³/mol. The van der Waals surface area contributed by atoms with Gasteiger partial charge in [0.05, 0.1) is 12.9 Å². The lowest BCUT2D eigenvalue weighted by Gasteiger charge is -2.42. The van der Waals surface area contributed by atoms with Crippen molar-refractivity contribution in [3.63, 3.8) is 0 Å². The van der Waals surface area contributed by atoms with Gasteiger partial charge in [-0.1, -0.05) is 20.8 Å². The highest BCUT2D eigenvalue weighted by Gasteiger charge is 2.69. The standard InChI is InChI=1S/C15H22O2/c1-14(2)11-7-9-5-6-10(17-4)8-15(9,3)13(16)12(11)14/h6,9,11-12H,5,7-8H2,1-4H3/t9?,11-,12-,15-/m1/s1. The number of methoxy groups -OCH3 is 1. The van der Waals surface area contributed by atoms with Gasteiger partial charge in [0, 0.05) is 17.8 Å². The topological polar surface area (TPSA) is 26.3 Å². The highest BCUT2D eigenvalue weighted by Crippen LogP contribution is 2.69. The molecule has 3 aliphatic carbocycles. The molecule has 3 aliphatic rings. The fourth-order valence-electron chi connectivity index (χ4n) is 4.28. The number of ketones is 1. The summed E-state index contributed by atoms with van der Waals surface area (Å²) in [5.74, 6) is 3.02. The van der Waals surface area contributed by atoms with Gasteiger partial charge >= 0.3 is 0 Å². The quantitative estimate of drug-likeness (QED) is 0.696. The minimum Gasteiger partial charge on any atom is -0.501 e. The molecule has 0 bridgehead atoms. The third-order valence-corrected chi connectivity index (χ3v) is 5.77. The summed E-state index contributed by atoms with van der Waals surface area (Å²) in [6, 6.07) is 0. The van der Waals surface area contributed by atoms with Crippen molar-refractivity contribution >= 4 is 5.78 Å². The van der Waals surface area contributed by atoms with Gasteiger partial charge in [0.1, 0.15) is 5.78 Å². The molecule has 1 unspecified atom stereocenters. The van der Waals surface area contributed by atoms with E-state index in [1.165, 1.54) is 6.42 Å². The maximum Gasteiger partial charge on any atom is 0.143 e. The largest absolute Gasteiger partial charge is 0.501 e. The molecule has 0 radical (unpaired) electrons. The summed E-state index contributed by atoms with van der Waals surface area (Å²) in [7, 11) is 1.71. The van der Waals surface area contributed by atoms with Crippen molar-refractivity contribution in [1.82, 2.24) is 0 Å². The molecule has 2 heteroatoms. The molecule has 0 amide bonds. The van der Waals surface area contributed by atoms with E-state index >= 15 is 0 Å². The molecule has 94 valence electrons. The molecule has 0 spiro atoms. The van der Waals surface area contributed by atoms with Crippen LogP contribution in [0.15, 0.2) is 11.8 Å². The molecule has 0 heterocycles. The van der Waals surface area contributed by atoms with Gasteiger partial charge in [-0.2, -0.15) is 0 Å².